The van der Waals surface area contributed by atoms with Crippen molar-refractivity contribution in [1.29, 1.82) is 5.41 Å². The maximum Gasteiger partial charge on any atom is 0.304 e. The lowest BCUT2D eigenvalue weighted by atomic mass is 9.91. The van der Waals surface area contributed by atoms with Gasteiger partial charge in [0, 0.05) is 56.6 Å². The van der Waals surface area contributed by atoms with E-state index in [2.05, 4.69) is 20.1 Å². The van der Waals surface area contributed by atoms with Gasteiger partial charge in [0.15, 0.2) is 0 Å². The molecule has 0 saturated carbocycles. The molecule has 3 rings (SSSR count). The van der Waals surface area contributed by atoms with Crippen LogP contribution < -0.4 is 9.64 Å². The Morgan fingerprint density at radius 1 is 1.39 bits per heavy atom. The highest BCUT2D eigenvalue weighted by molar-refractivity contribution is 7.18. The molecule has 1 aromatic carbocycles. The molecule has 0 radical (unpaired) electrons. The number of carboxylic acid groups (broad SMARTS) is 1. The smallest absolute Gasteiger partial charge is 0.304 e. The van der Waals surface area contributed by atoms with E-state index < -0.39 is 5.97 Å². The first-order valence-corrected chi connectivity index (χ1v) is 11.8. The molecular weight excluding hydrogens is 440 g/mol. The van der Waals surface area contributed by atoms with Gasteiger partial charge in [-0.2, -0.15) is 0 Å². The van der Waals surface area contributed by atoms with E-state index in [1.54, 1.807) is 0 Å². The Morgan fingerprint density at radius 3 is 2.82 bits per heavy atom. The monoisotopic (exact) mass is 472 g/mol. The van der Waals surface area contributed by atoms with Crippen molar-refractivity contribution in [2.24, 2.45) is 10.9 Å². The molecule has 1 unspecified atom stereocenters. The molecule has 1 aromatic heterocycles. The van der Waals surface area contributed by atoms with E-state index in [1.165, 1.54) is 11.3 Å². The minimum absolute atomic E-state index is 0.0820. The Bertz CT molecular complexity index is 1030. The summed E-state index contributed by atoms with van der Waals surface area (Å²) in [5.41, 5.74) is 3.34. The van der Waals surface area contributed by atoms with Gasteiger partial charge >= 0.3 is 5.97 Å². The van der Waals surface area contributed by atoms with Gasteiger partial charge in [0.05, 0.1) is 18.2 Å². The Balaban J connectivity index is 1.77. The van der Waals surface area contributed by atoms with Crippen LogP contribution in [0.2, 0.25) is 0 Å². The third-order valence-electron chi connectivity index (χ3n) is 5.44. The van der Waals surface area contributed by atoms with Crippen LogP contribution in [0.25, 0.3) is 10.6 Å². The SMILES string of the molecule is CC(=Nc1nnc(-c2ccc(OC(C)C)c(N(C)C)c2)s1)C1CN(CCC(=O)O)CCC1=N. The Kier molecular flexibility index (Phi) is 8.15. The number of nitrogens with zero attached hydrogens (tertiary/aromatic N) is 5. The summed E-state index contributed by atoms with van der Waals surface area (Å²) in [5.74, 6) is -0.117. The van der Waals surface area contributed by atoms with Crippen molar-refractivity contribution in [3.63, 3.8) is 0 Å². The summed E-state index contributed by atoms with van der Waals surface area (Å²) in [4.78, 5) is 19.7. The van der Waals surface area contributed by atoms with E-state index in [0.29, 0.717) is 36.9 Å². The summed E-state index contributed by atoms with van der Waals surface area (Å²) in [6.07, 6.45) is 0.807. The quantitative estimate of drug-likeness (QED) is 0.531. The highest BCUT2D eigenvalue weighted by Gasteiger charge is 2.27. The first kappa shape index (κ1) is 24.8. The van der Waals surface area contributed by atoms with Crippen LogP contribution in [0.3, 0.4) is 0 Å². The Morgan fingerprint density at radius 2 is 2.15 bits per heavy atom. The van der Waals surface area contributed by atoms with Crippen LogP contribution in [0.5, 0.6) is 5.75 Å². The fraction of sp³-hybridized carbons (Fsp3) is 0.522. The molecule has 9 nitrogen and oxygen atoms in total. The zero-order valence-corrected chi connectivity index (χ0v) is 20.6. The number of carboxylic acids is 1. The number of hydrogen-bond acceptors (Lipinski definition) is 9. The van der Waals surface area contributed by atoms with E-state index in [9.17, 15) is 4.79 Å². The number of benzene rings is 1. The van der Waals surface area contributed by atoms with Gasteiger partial charge in [-0.15, -0.1) is 10.2 Å². The zero-order chi connectivity index (χ0) is 24.1. The van der Waals surface area contributed by atoms with Crippen LogP contribution in [0.4, 0.5) is 10.8 Å². The number of aromatic nitrogens is 2. The molecule has 33 heavy (non-hydrogen) atoms. The molecule has 178 valence electrons. The predicted molar refractivity (Wildman–Crippen MR) is 133 cm³/mol. The van der Waals surface area contributed by atoms with E-state index in [4.69, 9.17) is 15.3 Å². The number of likely N-dealkylation sites (tertiary alicyclic amines) is 1. The van der Waals surface area contributed by atoms with Crippen molar-refractivity contribution < 1.29 is 14.6 Å². The number of hydrogen-bond donors (Lipinski definition) is 2. The van der Waals surface area contributed by atoms with Crippen molar-refractivity contribution in [2.45, 2.75) is 39.7 Å². The summed E-state index contributed by atoms with van der Waals surface area (Å²) in [6.45, 7) is 7.72. The predicted octanol–water partition coefficient (Wildman–Crippen LogP) is 3.97. The number of aliphatic carboxylic acids is 1. The normalized spacial score (nSPS) is 17.5. The lowest BCUT2D eigenvalue weighted by molar-refractivity contribution is -0.137. The number of anilines is 1. The Hall–Kier alpha value is -2.85. The Labute approximate surface area is 198 Å². The van der Waals surface area contributed by atoms with Gasteiger partial charge in [0.2, 0.25) is 5.13 Å². The fourth-order valence-corrected chi connectivity index (χ4v) is 4.48. The molecule has 0 bridgehead atoms. The van der Waals surface area contributed by atoms with E-state index in [0.717, 1.165) is 27.7 Å². The molecule has 0 amide bonds. The minimum atomic E-state index is -0.805. The zero-order valence-electron chi connectivity index (χ0n) is 19.8. The largest absolute Gasteiger partial charge is 0.489 e. The van der Waals surface area contributed by atoms with Gasteiger partial charge in [-0.05, 0) is 45.4 Å². The van der Waals surface area contributed by atoms with E-state index in [1.807, 2.05) is 58.0 Å². The first-order valence-electron chi connectivity index (χ1n) is 11.0. The van der Waals surface area contributed by atoms with Crippen LogP contribution in [0, 0.1) is 11.3 Å². The molecule has 1 aliphatic heterocycles. The molecule has 2 aromatic rings. The topological polar surface area (TPSA) is 115 Å². The van der Waals surface area contributed by atoms with Gasteiger partial charge in [-0.3, -0.25) is 4.79 Å². The summed E-state index contributed by atoms with van der Waals surface area (Å²) in [6, 6.07) is 5.97. The molecule has 1 saturated heterocycles. The maximum atomic E-state index is 10.9. The lowest BCUT2D eigenvalue weighted by Crippen LogP contribution is -2.44. The van der Waals surface area contributed by atoms with Crippen molar-refractivity contribution in [2.75, 3.05) is 38.6 Å². The van der Waals surface area contributed by atoms with Gasteiger partial charge in [0.25, 0.3) is 0 Å². The molecule has 0 aliphatic carbocycles. The number of carbonyl (C=O) groups is 1. The van der Waals surface area contributed by atoms with Crippen molar-refractivity contribution >= 4 is 39.5 Å². The molecule has 2 N–H and O–H groups in total. The van der Waals surface area contributed by atoms with Crippen molar-refractivity contribution in [1.82, 2.24) is 15.1 Å². The van der Waals surface area contributed by atoms with E-state index in [-0.39, 0.29) is 18.4 Å². The number of nitrogens with one attached hydrogen (secondary N) is 1. The second-order valence-corrected chi connectivity index (χ2v) is 9.61. The van der Waals surface area contributed by atoms with Crippen LogP contribution >= 0.6 is 11.3 Å². The molecule has 0 spiro atoms. The second kappa shape index (κ2) is 10.8. The van der Waals surface area contributed by atoms with Crippen molar-refractivity contribution in [3.8, 4) is 16.3 Å². The van der Waals surface area contributed by atoms with Crippen LogP contribution in [0.1, 0.15) is 33.6 Å². The lowest BCUT2D eigenvalue weighted by Gasteiger charge is -2.32. The average Bonchev–Trinajstić information content (AvgIpc) is 3.21. The van der Waals surface area contributed by atoms with Gasteiger partial charge < -0.3 is 25.1 Å². The molecule has 2 heterocycles. The average molecular weight is 473 g/mol. The molecular formula is C23H32N6O3S. The molecule has 1 aliphatic rings. The number of ether oxygens (including phenoxy) is 1. The molecule has 1 fully saturated rings. The third-order valence-corrected chi connectivity index (χ3v) is 6.31. The highest BCUT2D eigenvalue weighted by atomic mass is 32.1. The number of rotatable bonds is 9. The fourth-order valence-electron chi connectivity index (χ4n) is 3.71. The molecule has 1 atom stereocenters. The van der Waals surface area contributed by atoms with Crippen LogP contribution in [-0.4, -0.2) is 77.4 Å². The standard InChI is InChI=1S/C23H32N6O3S/c1-14(2)32-20-7-6-16(12-19(20)28(4)5)22-26-27-23(33-22)25-15(3)17-13-29(10-8-18(17)24)11-9-21(30)31/h6-7,12,14,17,24H,8-11,13H2,1-5H3,(H,30,31). The van der Waals surface area contributed by atoms with E-state index >= 15 is 0 Å². The number of piperidine rings is 1. The van der Waals surface area contributed by atoms with Crippen molar-refractivity contribution in [3.05, 3.63) is 18.2 Å². The molecule has 10 heteroatoms. The minimum Gasteiger partial charge on any atom is -0.489 e. The van der Waals surface area contributed by atoms with Gasteiger partial charge in [-0.1, -0.05) is 11.3 Å². The number of aliphatic imine (C=N–C) groups is 1. The maximum absolute atomic E-state index is 10.9. The highest BCUT2D eigenvalue weighted by Crippen LogP contribution is 2.35. The summed E-state index contributed by atoms with van der Waals surface area (Å²) < 4.78 is 5.92. The third kappa shape index (κ3) is 6.58. The van der Waals surface area contributed by atoms with Gasteiger partial charge in [0.1, 0.15) is 10.8 Å². The van der Waals surface area contributed by atoms with Crippen LogP contribution in [-0.2, 0) is 4.79 Å². The summed E-state index contributed by atoms with van der Waals surface area (Å²) >= 11 is 1.40. The second-order valence-electron chi connectivity index (χ2n) is 8.66. The van der Waals surface area contributed by atoms with Gasteiger partial charge in [-0.25, -0.2) is 4.99 Å². The summed E-state index contributed by atoms with van der Waals surface area (Å²) in [7, 11) is 3.95. The summed E-state index contributed by atoms with van der Waals surface area (Å²) in [5, 5.41) is 27.2. The van der Waals surface area contributed by atoms with Crippen LogP contribution in [0.15, 0.2) is 23.2 Å². The first-order chi connectivity index (χ1) is 15.6.